The van der Waals surface area contributed by atoms with Gasteiger partial charge in [0.05, 0.1) is 17.9 Å². The highest BCUT2D eigenvalue weighted by molar-refractivity contribution is 7.17. The summed E-state index contributed by atoms with van der Waals surface area (Å²) in [6, 6.07) is 12.7. The molecule has 0 aliphatic heterocycles. The van der Waals surface area contributed by atoms with E-state index >= 15 is 0 Å². The minimum Gasteiger partial charge on any atom is -0.459 e. The highest BCUT2D eigenvalue weighted by atomic mass is 32.1. The lowest BCUT2D eigenvalue weighted by Crippen LogP contribution is -2.33. The van der Waals surface area contributed by atoms with Gasteiger partial charge < -0.3 is 19.4 Å². The predicted molar refractivity (Wildman–Crippen MR) is 121 cm³/mol. The number of rotatable bonds is 7. The van der Waals surface area contributed by atoms with Gasteiger partial charge in [-0.3, -0.25) is 9.59 Å². The molecule has 8 heteroatoms. The number of carbonyl (C=O) groups excluding carboxylic acids is 3. The van der Waals surface area contributed by atoms with Gasteiger partial charge in [-0.2, -0.15) is 0 Å². The van der Waals surface area contributed by atoms with Crippen molar-refractivity contribution in [2.24, 2.45) is 0 Å². The van der Waals surface area contributed by atoms with Crippen LogP contribution in [0.5, 0.6) is 0 Å². The Bertz CT molecular complexity index is 1120. The molecule has 1 atom stereocenters. The number of amides is 2. The van der Waals surface area contributed by atoms with E-state index in [1.807, 2.05) is 37.3 Å². The minimum atomic E-state index is -0.603. The summed E-state index contributed by atoms with van der Waals surface area (Å²) in [6.07, 6.45) is 3.96. The number of carbonyl (C=O) groups is 3. The van der Waals surface area contributed by atoms with Crippen molar-refractivity contribution in [1.29, 1.82) is 0 Å². The fraction of sp³-hybridized carbons (Fsp3) is 0.292. The number of aryl methyl sites for hydroxylation is 1. The lowest BCUT2D eigenvalue weighted by Gasteiger charge is -2.25. The third kappa shape index (κ3) is 4.45. The van der Waals surface area contributed by atoms with Crippen LogP contribution in [0.25, 0.3) is 0 Å². The van der Waals surface area contributed by atoms with Gasteiger partial charge in [-0.25, -0.2) is 4.79 Å². The number of thiophene rings is 1. The maximum Gasteiger partial charge on any atom is 0.341 e. The third-order valence-electron chi connectivity index (χ3n) is 5.68. The van der Waals surface area contributed by atoms with Gasteiger partial charge >= 0.3 is 5.97 Å². The Morgan fingerprint density at radius 3 is 2.66 bits per heavy atom. The Kier molecular flexibility index (Phi) is 6.41. The Hall–Kier alpha value is -3.39. The molecule has 4 rings (SSSR count). The molecule has 2 aromatic heterocycles. The van der Waals surface area contributed by atoms with Crippen LogP contribution in [0.2, 0.25) is 0 Å². The molecule has 1 N–H and O–H groups in total. The second kappa shape index (κ2) is 9.40. The van der Waals surface area contributed by atoms with E-state index in [2.05, 4.69) is 5.32 Å². The fourth-order valence-corrected chi connectivity index (χ4v) is 5.03. The second-order valence-corrected chi connectivity index (χ2v) is 8.77. The van der Waals surface area contributed by atoms with Crippen LogP contribution < -0.4 is 5.32 Å². The van der Waals surface area contributed by atoms with Crippen molar-refractivity contribution in [2.45, 2.75) is 32.2 Å². The Morgan fingerprint density at radius 2 is 1.94 bits per heavy atom. The maximum atomic E-state index is 13.0. The van der Waals surface area contributed by atoms with E-state index in [0.717, 1.165) is 35.3 Å². The van der Waals surface area contributed by atoms with Crippen LogP contribution in [0.4, 0.5) is 5.00 Å². The Balaban J connectivity index is 1.45. The summed E-state index contributed by atoms with van der Waals surface area (Å²) in [4.78, 5) is 40.7. The number of fused-ring (bicyclic) bond motifs is 1. The molecule has 1 aliphatic rings. The number of nitrogens with one attached hydrogen (secondary N) is 1. The number of anilines is 1. The van der Waals surface area contributed by atoms with Gasteiger partial charge in [0, 0.05) is 11.9 Å². The molecule has 2 amide bonds. The van der Waals surface area contributed by atoms with E-state index in [1.54, 1.807) is 24.1 Å². The quantitative estimate of drug-likeness (QED) is 0.535. The molecular formula is C24H24N2O5S. The van der Waals surface area contributed by atoms with Crippen LogP contribution in [0.15, 0.2) is 53.1 Å². The van der Waals surface area contributed by atoms with Gasteiger partial charge in [-0.15, -0.1) is 11.3 Å². The molecule has 0 radical (unpaired) electrons. The van der Waals surface area contributed by atoms with Crippen LogP contribution >= 0.6 is 11.3 Å². The molecule has 32 heavy (non-hydrogen) atoms. The maximum absolute atomic E-state index is 13.0. The van der Waals surface area contributed by atoms with Crippen LogP contribution in [0.3, 0.4) is 0 Å². The smallest absolute Gasteiger partial charge is 0.341 e. The number of ether oxygens (including phenoxy) is 1. The molecule has 0 spiro atoms. The minimum absolute atomic E-state index is 0.157. The monoisotopic (exact) mass is 452 g/mol. The van der Waals surface area contributed by atoms with Gasteiger partial charge in [0.25, 0.3) is 11.8 Å². The number of furan rings is 1. The number of likely N-dealkylation sites (N-methyl/N-ethyl adjacent to an activating group) is 1. The third-order valence-corrected chi connectivity index (χ3v) is 6.89. The van der Waals surface area contributed by atoms with Gasteiger partial charge in [0.2, 0.25) is 0 Å². The van der Waals surface area contributed by atoms with Crippen LogP contribution in [-0.2, 0) is 22.4 Å². The summed E-state index contributed by atoms with van der Waals surface area (Å²) in [6.45, 7) is 1.55. The zero-order chi connectivity index (χ0) is 22.7. The van der Waals surface area contributed by atoms with Crippen LogP contribution in [0, 0.1) is 0 Å². The number of benzene rings is 1. The van der Waals surface area contributed by atoms with E-state index in [-0.39, 0.29) is 24.3 Å². The van der Waals surface area contributed by atoms with Crippen molar-refractivity contribution in [2.75, 3.05) is 19.0 Å². The molecule has 166 valence electrons. The Labute approximate surface area is 190 Å². The summed E-state index contributed by atoms with van der Waals surface area (Å²) in [7, 11) is 1.69. The highest BCUT2D eigenvalue weighted by Gasteiger charge is 2.30. The predicted octanol–water partition coefficient (Wildman–Crippen LogP) is 4.46. The summed E-state index contributed by atoms with van der Waals surface area (Å²) >= 11 is 1.38. The first-order chi connectivity index (χ1) is 15.5. The van der Waals surface area contributed by atoms with Crippen molar-refractivity contribution in [1.82, 2.24) is 4.90 Å². The second-order valence-electron chi connectivity index (χ2n) is 7.66. The molecular weight excluding hydrogens is 428 g/mol. The first-order valence-corrected chi connectivity index (χ1v) is 11.2. The summed E-state index contributed by atoms with van der Waals surface area (Å²) < 4.78 is 10.5. The van der Waals surface area contributed by atoms with Crippen molar-refractivity contribution in [3.8, 4) is 0 Å². The number of nitrogens with zero attached hydrogens (tertiary/aromatic N) is 1. The largest absolute Gasteiger partial charge is 0.459 e. The van der Waals surface area contributed by atoms with Crippen molar-refractivity contribution in [3.05, 3.63) is 76.1 Å². The van der Waals surface area contributed by atoms with E-state index < -0.39 is 11.9 Å². The normalized spacial score (nSPS) is 13.3. The molecule has 1 aliphatic carbocycles. The topological polar surface area (TPSA) is 88.9 Å². The Morgan fingerprint density at radius 1 is 1.16 bits per heavy atom. The lowest BCUT2D eigenvalue weighted by molar-refractivity contribution is -0.135. The molecule has 2 heterocycles. The average molecular weight is 453 g/mol. The first kappa shape index (κ1) is 21.8. The van der Waals surface area contributed by atoms with Crippen LogP contribution in [-0.4, -0.2) is 36.3 Å². The van der Waals surface area contributed by atoms with Gasteiger partial charge in [0.15, 0.2) is 12.4 Å². The number of hydrogen-bond donors (Lipinski definition) is 1. The molecule has 7 nitrogen and oxygen atoms in total. The SMILES string of the molecule is CC(c1ccccc1)N(C)C(=O)COC(=O)c1c(NC(=O)c2ccco2)sc2c1CCC2. The molecule has 0 saturated carbocycles. The number of esters is 1. The van der Waals surface area contributed by atoms with E-state index in [0.29, 0.717) is 10.6 Å². The van der Waals surface area contributed by atoms with Gasteiger partial charge in [0.1, 0.15) is 5.00 Å². The van der Waals surface area contributed by atoms with Gasteiger partial charge in [-0.05, 0) is 49.4 Å². The van der Waals surface area contributed by atoms with Gasteiger partial charge in [-0.1, -0.05) is 30.3 Å². The molecule has 1 unspecified atom stereocenters. The van der Waals surface area contributed by atoms with Crippen LogP contribution in [0.1, 0.15) is 56.3 Å². The first-order valence-electron chi connectivity index (χ1n) is 10.4. The fourth-order valence-electron chi connectivity index (χ4n) is 3.75. The van der Waals surface area contributed by atoms with Crippen molar-refractivity contribution < 1.29 is 23.5 Å². The van der Waals surface area contributed by atoms with Crippen molar-refractivity contribution in [3.63, 3.8) is 0 Å². The summed E-state index contributed by atoms with van der Waals surface area (Å²) in [5.74, 6) is -1.18. The van der Waals surface area contributed by atoms with E-state index in [4.69, 9.17) is 9.15 Å². The molecule has 1 aromatic carbocycles. The van der Waals surface area contributed by atoms with E-state index in [9.17, 15) is 14.4 Å². The molecule has 0 saturated heterocycles. The molecule has 0 bridgehead atoms. The standard InChI is InChI=1S/C24H24N2O5S/c1-15(16-8-4-3-5-9-16)26(2)20(27)14-31-24(29)21-17-10-6-12-19(17)32-23(21)25-22(28)18-11-7-13-30-18/h3-5,7-9,11,13,15H,6,10,12,14H2,1-2H3,(H,25,28). The number of hydrogen-bond acceptors (Lipinski definition) is 6. The molecule has 0 fully saturated rings. The van der Waals surface area contributed by atoms with E-state index in [1.165, 1.54) is 17.6 Å². The molecule has 3 aromatic rings. The zero-order valence-corrected chi connectivity index (χ0v) is 18.7. The average Bonchev–Trinajstić information content (AvgIpc) is 3.54. The lowest BCUT2D eigenvalue weighted by atomic mass is 10.1. The summed E-state index contributed by atoms with van der Waals surface area (Å²) in [5, 5.41) is 3.19. The summed E-state index contributed by atoms with van der Waals surface area (Å²) in [5.41, 5.74) is 2.23. The highest BCUT2D eigenvalue weighted by Crippen LogP contribution is 2.39. The van der Waals surface area contributed by atoms with Crippen molar-refractivity contribution >= 4 is 34.1 Å². The zero-order valence-electron chi connectivity index (χ0n) is 17.9.